The molecule has 116 valence electrons. The molecule has 1 N–H and O–H groups in total. The predicted octanol–water partition coefficient (Wildman–Crippen LogP) is 2.39. The summed E-state index contributed by atoms with van der Waals surface area (Å²) >= 11 is 0. The Hall–Kier alpha value is -2.62. The van der Waals surface area contributed by atoms with Gasteiger partial charge in [0.1, 0.15) is 24.0 Å². The topological polar surface area (TPSA) is 82.4 Å². The maximum atomic E-state index is 14.1. The molecule has 1 aliphatic heterocycles. The van der Waals surface area contributed by atoms with Gasteiger partial charge in [-0.1, -0.05) is 0 Å². The lowest BCUT2D eigenvalue weighted by atomic mass is 10.1. The van der Waals surface area contributed by atoms with E-state index in [1.807, 2.05) is 0 Å². The normalized spacial score (nSPS) is 14.0. The number of ether oxygens (including phenoxy) is 1. The Morgan fingerprint density at radius 2 is 2.18 bits per heavy atom. The molecule has 0 radical (unpaired) electrons. The lowest BCUT2D eigenvalue weighted by Crippen LogP contribution is -2.43. The number of amides is 2. The highest BCUT2D eigenvalue weighted by Gasteiger charge is 2.29. The first-order valence-corrected chi connectivity index (χ1v) is 6.70. The third-order valence-electron chi connectivity index (χ3n) is 2.98. The fourth-order valence-electron chi connectivity index (χ4n) is 2.09. The number of esters is 1. The summed E-state index contributed by atoms with van der Waals surface area (Å²) in [5.74, 6) is -1.27. The molecule has 1 heterocycles. The molecular weight excluding hydrogens is 289 g/mol. The highest BCUT2D eigenvalue weighted by atomic mass is 19.1. The number of hydrogen-bond donors (Lipinski definition) is 1. The van der Waals surface area contributed by atoms with Crippen LogP contribution in [0, 0.1) is 17.1 Å². The van der Waals surface area contributed by atoms with E-state index in [1.165, 1.54) is 12.1 Å². The molecule has 0 atom stereocenters. The van der Waals surface area contributed by atoms with Crippen LogP contribution in [0.4, 0.5) is 14.9 Å². The van der Waals surface area contributed by atoms with Crippen molar-refractivity contribution in [2.24, 2.45) is 0 Å². The van der Waals surface area contributed by atoms with Gasteiger partial charge >= 0.3 is 12.0 Å². The molecule has 6 nitrogen and oxygen atoms in total. The van der Waals surface area contributed by atoms with Gasteiger partial charge in [-0.15, -0.1) is 0 Å². The molecule has 2 rings (SSSR count). The van der Waals surface area contributed by atoms with Crippen LogP contribution in [0.2, 0.25) is 0 Å². The minimum absolute atomic E-state index is 0.0955. The van der Waals surface area contributed by atoms with E-state index in [2.05, 4.69) is 5.32 Å². The zero-order valence-corrected chi connectivity index (χ0v) is 12.6. The Labute approximate surface area is 127 Å². The molecular formula is C15H16FN3O3. The van der Waals surface area contributed by atoms with Crippen LogP contribution in [0.3, 0.4) is 0 Å². The zero-order chi connectivity index (χ0) is 16.5. The SMILES string of the molecule is CC(C)(C)OC(=O)CN1Cc2c(ccc(C#N)c2F)NC1=O. The number of nitriles is 1. The van der Waals surface area contributed by atoms with Crippen LogP contribution in [-0.4, -0.2) is 29.0 Å². The van der Waals surface area contributed by atoms with Crippen LogP contribution in [0.15, 0.2) is 12.1 Å². The van der Waals surface area contributed by atoms with E-state index in [4.69, 9.17) is 10.00 Å². The van der Waals surface area contributed by atoms with Gasteiger partial charge in [0.15, 0.2) is 0 Å². The van der Waals surface area contributed by atoms with Gasteiger partial charge in [-0.2, -0.15) is 5.26 Å². The van der Waals surface area contributed by atoms with E-state index < -0.39 is 23.4 Å². The number of nitrogens with one attached hydrogen (secondary N) is 1. The highest BCUT2D eigenvalue weighted by Crippen LogP contribution is 2.27. The summed E-state index contributed by atoms with van der Waals surface area (Å²) in [6, 6.07) is 4.01. The first-order chi connectivity index (χ1) is 10.2. The van der Waals surface area contributed by atoms with Crippen molar-refractivity contribution in [3.8, 4) is 6.07 Å². The molecule has 0 saturated heterocycles. The number of urea groups is 1. The number of benzene rings is 1. The van der Waals surface area contributed by atoms with Gasteiger partial charge < -0.3 is 15.0 Å². The Morgan fingerprint density at radius 3 is 2.77 bits per heavy atom. The second-order valence-corrected chi connectivity index (χ2v) is 5.94. The number of hydrogen-bond acceptors (Lipinski definition) is 4. The Balaban J connectivity index is 2.19. The third kappa shape index (κ3) is 3.34. The highest BCUT2D eigenvalue weighted by molar-refractivity contribution is 5.94. The van der Waals surface area contributed by atoms with Crippen molar-refractivity contribution in [2.75, 3.05) is 11.9 Å². The minimum atomic E-state index is -0.686. The molecule has 1 aromatic rings. The standard InChI is InChI=1S/C15H16FN3O3/c1-15(2,3)22-12(20)8-19-7-10-11(18-14(19)21)5-4-9(6-17)13(10)16/h4-5H,7-8H2,1-3H3,(H,18,21). The molecule has 0 unspecified atom stereocenters. The Kier molecular flexibility index (Phi) is 4.04. The number of carbonyl (C=O) groups is 2. The second-order valence-electron chi connectivity index (χ2n) is 5.94. The van der Waals surface area contributed by atoms with Crippen molar-refractivity contribution in [3.63, 3.8) is 0 Å². The van der Waals surface area contributed by atoms with Gasteiger partial charge in [-0.05, 0) is 32.9 Å². The number of fused-ring (bicyclic) bond motifs is 1. The Morgan fingerprint density at radius 1 is 1.50 bits per heavy atom. The molecule has 22 heavy (non-hydrogen) atoms. The monoisotopic (exact) mass is 305 g/mol. The fraction of sp³-hybridized carbons (Fsp3) is 0.400. The van der Waals surface area contributed by atoms with Crippen LogP contribution in [0.1, 0.15) is 31.9 Å². The number of rotatable bonds is 2. The lowest BCUT2D eigenvalue weighted by Gasteiger charge is -2.30. The third-order valence-corrected chi connectivity index (χ3v) is 2.98. The number of anilines is 1. The van der Waals surface area contributed by atoms with E-state index in [9.17, 15) is 14.0 Å². The summed E-state index contributed by atoms with van der Waals surface area (Å²) in [5, 5.41) is 11.3. The van der Waals surface area contributed by atoms with Crippen LogP contribution in [0.5, 0.6) is 0 Å². The smallest absolute Gasteiger partial charge is 0.326 e. The van der Waals surface area contributed by atoms with E-state index in [0.29, 0.717) is 5.69 Å². The van der Waals surface area contributed by atoms with Gasteiger partial charge in [0, 0.05) is 5.56 Å². The first kappa shape index (κ1) is 15.8. The van der Waals surface area contributed by atoms with Crippen molar-refractivity contribution in [1.29, 1.82) is 5.26 Å². The minimum Gasteiger partial charge on any atom is -0.459 e. The number of nitrogens with zero attached hydrogens (tertiary/aromatic N) is 2. The Bertz CT molecular complexity index is 674. The van der Waals surface area contributed by atoms with Crippen molar-refractivity contribution in [1.82, 2.24) is 4.90 Å². The van der Waals surface area contributed by atoms with Gasteiger partial charge in [0.05, 0.1) is 17.8 Å². The molecule has 0 saturated carbocycles. The molecule has 0 spiro atoms. The molecule has 1 aliphatic rings. The maximum Gasteiger partial charge on any atom is 0.326 e. The van der Waals surface area contributed by atoms with Crippen molar-refractivity contribution < 1.29 is 18.7 Å². The second kappa shape index (κ2) is 5.64. The van der Waals surface area contributed by atoms with Gasteiger partial charge in [0.2, 0.25) is 0 Å². The average Bonchev–Trinajstić information content (AvgIpc) is 2.39. The fourth-order valence-corrected chi connectivity index (χ4v) is 2.09. The summed E-state index contributed by atoms with van der Waals surface area (Å²) in [6.45, 7) is 4.76. The van der Waals surface area contributed by atoms with Crippen molar-refractivity contribution in [3.05, 3.63) is 29.1 Å². The molecule has 7 heteroatoms. The molecule has 2 amide bonds. The van der Waals surface area contributed by atoms with Crippen LogP contribution in [0.25, 0.3) is 0 Å². The number of halogens is 1. The van der Waals surface area contributed by atoms with Crippen LogP contribution < -0.4 is 5.32 Å². The molecule has 0 aliphatic carbocycles. The molecule has 0 bridgehead atoms. The van der Waals surface area contributed by atoms with Gasteiger partial charge in [0.25, 0.3) is 0 Å². The summed E-state index contributed by atoms with van der Waals surface area (Å²) in [5.41, 5.74) is -0.281. The molecule has 1 aromatic carbocycles. The zero-order valence-electron chi connectivity index (χ0n) is 12.6. The van der Waals surface area contributed by atoms with Crippen LogP contribution in [-0.2, 0) is 16.1 Å². The average molecular weight is 305 g/mol. The summed E-state index contributed by atoms with van der Waals surface area (Å²) < 4.78 is 19.3. The van der Waals surface area contributed by atoms with Crippen molar-refractivity contribution >= 4 is 17.7 Å². The van der Waals surface area contributed by atoms with Gasteiger partial charge in [-0.25, -0.2) is 9.18 Å². The maximum absolute atomic E-state index is 14.1. The first-order valence-electron chi connectivity index (χ1n) is 6.70. The quantitative estimate of drug-likeness (QED) is 0.850. The van der Waals surface area contributed by atoms with E-state index in [-0.39, 0.29) is 24.2 Å². The van der Waals surface area contributed by atoms with Gasteiger partial charge in [-0.3, -0.25) is 4.79 Å². The molecule has 0 aromatic heterocycles. The molecule has 0 fully saturated rings. The summed E-state index contributed by atoms with van der Waals surface area (Å²) in [7, 11) is 0. The summed E-state index contributed by atoms with van der Waals surface area (Å²) in [4.78, 5) is 24.9. The van der Waals surface area contributed by atoms with E-state index >= 15 is 0 Å². The van der Waals surface area contributed by atoms with Crippen LogP contribution >= 0.6 is 0 Å². The van der Waals surface area contributed by atoms with E-state index in [1.54, 1.807) is 26.8 Å². The number of carbonyl (C=O) groups excluding carboxylic acids is 2. The summed E-state index contributed by atoms with van der Waals surface area (Å²) in [6.07, 6.45) is 0. The predicted molar refractivity (Wildman–Crippen MR) is 76.4 cm³/mol. The largest absolute Gasteiger partial charge is 0.459 e. The van der Waals surface area contributed by atoms with E-state index in [0.717, 1.165) is 4.90 Å². The van der Waals surface area contributed by atoms with Crippen molar-refractivity contribution in [2.45, 2.75) is 32.9 Å². The lowest BCUT2D eigenvalue weighted by molar-refractivity contribution is -0.155.